The Bertz CT molecular complexity index is 1250. The van der Waals surface area contributed by atoms with Crippen LogP contribution in [0.25, 0.3) is 5.57 Å². The van der Waals surface area contributed by atoms with Gasteiger partial charge in [0.1, 0.15) is 11.8 Å². The summed E-state index contributed by atoms with van der Waals surface area (Å²) in [4.78, 5) is 29.2. The number of nitrogens with zero attached hydrogens (tertiary/aromatic N) is 2. The first-order valence-electron chi connectivity index (χ1n) is 12.2. The standard InChI is InChI=1S/C27H30ClN5O4/c1-3-23(34)32-11-5-7-18(14-32)33-15-20(24-25(33)27(35)31-30-26(24)29)16-9-10-21(22(12-16)36-2)37-19-8-4-6-17(28)13-19/h3-4,6,8-10,12-13,15,18,24-26,30H,1,5,7,11,14,29H2,2H3,(H,31,35). The van der Waals surface area contributed by atoms with E-state index in [-0.39, 0.29) is 23.8 Å². The van der Waals surface area contributed by atoms with E-state index in [9.17, 15) is 9.59 Å². The quantitative estimate of drug-likeness (QED) is 0.499. The molecule has 3 heterocycles. The van der Waals surface area contributed by atoms with Gasteiger partial charge in [-0.3, -0.25) is 15.0 Å². The van der Waals surface area contributed by atoms with Crippen LogP contribution in [0.2, 0.25) is 5.02 Å². The molecule has 2 saturated heterocycles. The lowest BCUT2D eigenvalue weighted by Gasteiger charge is -2.43. The zero-order valence-corrected chi connectivity index (χ0v) is 21.3. The summed E-state index contributed by atoms with van der Waals surface area (Å²) in [7, 11) is 1.58. The van der Waals surface area contributed by atoms with Crippen LogP contribution in [0.15, 0.2) is 61.3 Å². The molecule has 2 aromatic rings. The number of nitrogens with one attached hydrogen (secondary N) is 2. The van der Waals surface area contributed by atoms with E-state index in [2.05, 4.69) is 22.3 Å². The number of hydrazine groups is 1. The zero-order chi connectivity index (χ0) is 26.1. The van der Waals surface area contributed by atoms with Gasteiger partial charge in [0.25, 0.3) is 5.91 Å². The fraction of sp³-hybridized carbons (Fsp3) is 0.333. The molecule has 4 atom stereocenters. The highest BCUT2D eigenvalue weighted by molar-refractivity contribution is 6.30. The van der Waals surface area contributed by atoms with Gasteiger partial charge in [0.05, 0.1) is 13.3 Å². The van der Waals surface area contributed by atoms with Gasteiger partial charge in [0.2, 0.25) is 5.91 Å². The molecule has 0 aromatic heterocycles. The Balaban J connectivity index is 1.48. The summed E-state index contributed by atoms with van der Waals surface area (Å²) < 4.78 is 11.7. The van der Waals surface area contributed by atoms with Crippen molar-refractivity contribution in [3.05, 3.63) is 71.9 Å². The molecule has 3 aliphatic rings. The molecule has 0 spiro atoms. The molecule has 4 N–H and O–H groups in total. The van der Waals surface area contributed by atoms with Gasteiger partial charge in [-0.2, -0.15) is 0 Å². The summed E-state index contributed by atoms with van der Waals surface area (Å²) in [6.07, 6.45) is 4.56. The number of ether oxygens (including phenoxy) is 2. The molecule has 10 heteroatoms. The summed E-state index contributed by atoms with van der Waals surface area (Å²) >= 11 is 6.10. The van der Waals surface area contributed by atoms with Gasteiger partial charge in [0.15, 0.2) is 11.5 Å². The van der Waals surface area contributed by atoms with Crippen LogP contribution in [0.1, 0.15) is 18.4 Å². The second-order valence-electron chi connectivity index (χ2n) is 9.37. The van der Waals surface area contributed by atoms with Crippen molar-refractivity contribution in [1.82, 2.24) is 20.7 Å². The number of methoxy groups -OCH3 is 1. The molecule has 0 radical (unpaired) electrons. The van der Waals surface area contributed by atoms with E-state index in [4.69, 9.17) is 26.8 Å². The molecular weight excluding hydrogens is 494 g/mol. The summed E-state index contributed by atoms with van der Waals surface area (Å²) in [5.41, 5.74) is 13.9. The first-order chi connectivity index (χ1) is 17.9. The minimum atomic E-state index is -0.498. The minimum absolute atomic E-state index is 0.0222. The Hall–Kier alpha value is -3.53. The Kier molecular flexibility index (Phi) is 7.10. The van der Waals surface area contributed by atoms with E-state index in [1.54, 1.807) is 24.1 Å². The van der Waals surface area contributed by atoms with Gasteiger partial charge in [-0.1, -0.05) is 30.3 Å². The number of hydrogen-bond donors (Lipinski definition) is 3. The molecule has 3 aliphatic heterocycles. The number of carbonyl (C=O) groups excluding carboxylic acids is 2. The number of fused-ring (bicyclic) bond motifs is 1. The van der Waals surface area contributed by atoms with E-state index in [0.717, 1.165) is 24.0 Å². The second-order valence-corrected chi connectivity index (χ2v) is 9.81. The van der Waals surface area contributed by atoms with E-state index < -0.39 is 12.2 Å². The predicted octanol–water partition coefficient (Wildman–Crippen LogP) is 2.88. The minimum Gasteiger partial charge on any atom is -0.493 e. The SMILES string of the molecule is C=CC(=O)N1CCCC(N2C=C(c3ccc(Oc4cccc(Cl)c4)c(OC)c3)C3C(N)NNC(=O)C32)C1. The van der Waals surface area contributed by atoms with Crippen LogP contribution in [0, 0.1) is 5.92 Å². The predicted molar refractivity (Wildman–Crippen MR) is 141 cm³/mol. The lowest BCUT2D eigenvalue weighted by molar-refractivity contribution is -0.132. The largest absolute Gasteiger partial charge is 0.493 e. The van der Waals surface area contributed by atoms with Crippen molar-refractivity contribution in [1.29, 1.82) is 0 Å². The van der Waals surface area contributed by atoms with Crippen molar-refractivity contribution in [3.63, 3.8) is 0 Å². The zero-order valence-electron chi connectivity index (χ0n) is 20.5. The molecule has 5 rings (SSSR count). The fourth-order valence-corrected chi connectivity index (χ4v) is 5.59. The van der Waals surface area contributed by atoms with Crippen molar-refractivity contribution in [2.75, 3.05) is 20.2 Å². The average Bonchev–Trinajstić information content (AvgIpc) is 3.33. The molecule has 194 valence electrons. The van der Waals surface area contributed by atoms with E-state index in [0.29, 0.717) is 35.4 Å². The number of hydrogen-bond acceptors (Lipinski definition) is 7. The van der Waals surface area contributed by atoms with Crippen LogP contribution < -0.4 is 26.1 Å². The third-order valence-electron chi connectivity index (χ3n) is 7.15. The average molecular weight is 524 g/mol. The van der Waals surface area contributed by atoms with Crippen LogP contribution in [0.3, 0.4) is 0 Å². The van der Waals surface area contributed by atoms with Gasteiger partial charge in [0, 0.05) is 36.3 Å². The second kappa shape index (κ2) is 10.5. The van der Waals surface area contributed by atoms with Crippen molar-refractivity contribution in [2.45, 2.75) is 31.1 Å². The molecule has 2 aromatic carbocycles. The summed E-state index contributed by atoms with van der Waals surface area (Å²) in [5, 5.41) is 0.573. The highest BCUT2D eigenvalue weighted by Gasteiger charge is 2.49. The number of benzene rings is 2. The van der Waals surface area contributed by atoms with E-state index >= 15 is 0 Å². The number of nitrogens with two attached hydrogens (primary N) is 1. The number of carbonyl (C=O) groups is 2. The maximum Gasteiger partial charge on any atom is 0.257 e. The van der Waals surface area contributed by atoms with Gasteiger partial charge in [-0.05, 0) is 60.4 Å². The van der Waals surface area contributed by atoms with Gasteiger partial charge < -0.3 is 25.0 Å². The van der Waals surface area contributed by atoms with Crippen LogP contribution in [0.4, 0.5) is 0 Å². The van der Waals surface area contributed by atoms with Crippen LogP contribution in [0.5, 0.6) is 17.2 Å². The van der Waals surface area contributed by atoms with Gasteiger partial charge >= 0.3 is 0 Å². The normalized spacial score (nSPS) is 25.2. The first kappa shape index (κ1) is 25.1. The number of amides is 2. The monoisotopic (exact) mass is 523 g/mol. The van der Waals surface area contributed by atoms with Gasteiger partial charge in [-0.15, -0.1) is 0 Å². The lowest BCUT2D eigenvalue weighted by atomic mass is 9.85. The lowest BCUT2D eigenvalue weighted by Crippen LogP contribution is -2.67. The molecule has 0 aliphatic carbocycles. The summed E-state index contributed by atoms with van der Waals surface area (Å²) in [5.74, 6) is 1.11. The topological polar surface area (TPSA) is 109 Å². The molecule has 2 fully saturated rings. The van der Waals surface area contributed by atoms with Crippen molar-refractivity contribution in [3.8, 4) is 17.2 Å². The Labute approximate surface area is 220 Å². The highest BCUT2D eigenvalue weighted by Crippen LogP contribution is 2.43. The molecule has 0 saturated carbocycles. The third-order valence-corrected chi connectivity index (χ3v) is 7.39. The van der Waals surface area contributed by atoms with Crippen molar-refractivity contribution in [2.24, 2.45) is 11.7 Å². The number of halogens is 1. The Morgan fingerprint density at radius 1 is 1.24 bits per heavy atom. The summed E-state index contributed by atoms with van der Waals surface area (Å²) in [6.45, 7) is 4.81. The molecule has 2 amide bonds. The first-order valence-corrected chi connectivity index (χ1v) is 12.6. The summed E-state index contributed by atoms with van der Waals surface area (Å²) in [6, 6.07) is 12.3. The van der Waals surface area contributed by atoms with Gasteiger partial charge in [-0.25, -0.2) is 5.43 Å². The highest BCUT2D eigenvalue weighted by atomic mass is 35.5. The van der Waals surface area contributed by atoms with Crippen LogP contribution in [-0.2, 0) is 9.59 Å². The molecule has 37 heavy (non-hydrogen) atoms. The molecule has 9 nitrogen and oxygen atoms in total. The number of rotatable bonds is 6. The molecule has 4 unspecified atom stereocenters. The Morgan fingerprint density at radius 3 is 2.84 bits per heavy atom. The van der Waals surface area contributed by atoms with E-state index in [1.807, 2.05) is 36.5 Å². The van der Waals surface area contributed by atoms with Crippen LogP contribution >= 0.6 is 11.6 Å². The van der Waals surface area contributed by atoms with Crippen LogP contribution in [-0.4, -0.2) is 60.1 Å². The number of likely N-dealkylation sites (tertiary alicyclic amines) is 1. The maximum atomic E-state index is 13.1. The van der Waals surface area contributed by atoms with Crippen molar-refractivity contribution < 1.29 is 19.1 Å². The molecular formula is C27H30ClN5O4. The van der Waals surface area contributed by atoms with E-state index in [1.165, 1.54) is 6.08 Å². The third kappa shape index (κ3) is 4.90. The molecule has 0 bridgehead atoms. The maximum absolute atomic E-state index is 13.1. The van der Waals surface area contributed by atoms with Crippen molar-refractivity contribution >= 4 is 29.0 Å². The fourth-order valence-electron chi connectivity index (χ4n) is 5.40. The smallest absolute Gasteiger partial charge is 0.257 e. The Morgan fingerprint density at radius 2 is 2.08 bits per heavy atom. The number of piperidine rings is 1.